The van der Waals surface area contributed by atoms with Gasteiger partial charge in [0.2, 0.25) is 0 Å². The van der Waals surface area contributed by atoms with Crippen molar-refractivity contribution in [3.8, 4) is 0 Å². The monoisotopic (exact) mass is 287 g/mol. The van der Waals surface area contributed by atoms with Crippen molar-refractivity contribution in [2.45, 2.75) is 19.1 Å². The number of hydrogen-bond donors (Lipinski definition) is 2. The van der Waals surface area contributed by atoms with E-state index in [2.05, 4.69) is 10.4 Å². The summed E-state index contributed by atoms with van der Waals surface area (Å²) in [5.74, 6) is 5.47. The van der Waals surface area contributed by atoms with Crippen LogP contribution in [-0.2, 0) is 6.18 Å². The molecule has 0 radical (unpaired) electrons. The Morgan fingerprint density at radius 3 is 2.53 bits per heavy atom. The van der Waals surface area contributed by atoms with Gasteiger partial charge in [-0.15, -0.1) is 11.3 Å². The van der Waals surface area contributed by atoms with Crippen molar-refractivity contribution < 1.29 is 13.2 Å². The molecule has 0 saturated carbocycles. The SMILES string of the molecule is Cc1ccccc1C(NN)c1cnc(C(F)(F)F)s1. The van der Waals surface area contributed by atoms with Crippen LogP contribution in [0.15, 0.2) is 30.5 Å². The number of aromatic nitrogens is 1. The van der Waals surface area contributed by atoms with Gasteiger partial charge in [-0.05, 0) is 18.1 Å². The van der Waals surface area contributed by atoms with E-state index in [0.29, 0.717) is 16.2 Å². The Bertz CT molecular complexity index is 565. The zero-order chi connectivity index (χ0) is 14.0. The molecule has 1 heterocycles. The fraction of sp³-hybridized carbons (Fsp3) is 0.250. The predicted molar refractivity (Wildman–Crippen MR) is 67.5 cm³/mol. The van der Waals surface area contributed by atoms with E-state index in [-0.39, 0.29) is 0 Å². The second-order valence-corrected chi connectivity index (χ2v) is 5.08. The van der Waals surface area contributed by atoms with Crippen LogP contribution in [0, 0.1) is 6.92 Å². The van der Waals surface area contributed by atoms with Crippen molar-refractivity contribution in [3.05, 3.63) is 51.5 Å². The summed E-state index contributed by atoms with van der Waals surface area (Å²) in [6.07, 6.45) is -3.21. The van der Waals surface area contributed by atoms with Crippen LogP contribution in [0.4, 0.5) is 13.2 Å². The highest BCUT2D eigenvalue weighted by Crippen LogP contribution is 2.36. The summed E-state index contributed by atoms with van der Waals surface area (Å²) in [6, 6.07) is 6.89. The maximum atomic E-state index is 12.5. The summed E-state index contributed by atoms with van der Waals surface area (Å²) in [5.41, 5.74) is 4.33. The Kier molecular flexibility index (Phi) is 3.88. The lowest BCUT2D eigenvalue weighted by molar-refractivity contribution is -0.137. The smallest absolute Gasteiger partial charge is 0.271 e. The molecule has 102 valence electrons. The highest BCUT2D eigenvalue weighted by atomic mass is 32.1. The van der Waals surface area contributed by atoms with E-state index in [1.165, 1.54) is 6.20 Å². The van der Waals surface area contributed by atoms with Gasteiger partial charge in [-0.25, -0.2) is 10.4 Å². The van der Waals surface area contributed by atoms with Crippen molar-refractivity contribution in [1.29, 1.82) is 0 Å². The average molecular weight is 287 g/mol. The summed E-state index contributed by atoms with van der Waals surface area (Å²) in [7, 11) is 0. The highest BCUT2D eigenvalue weighted by molar-refractivity contribution is 7.11. The van der Waals surface area contributed by atoms with Crippen molar-refractivity contribution in [2.24, 2.45) is 5.84 Å². The number of aryl methyl sites for hydroxylation is 1. The largest absolute Gasteiger partial charge is 0.443 e. The molecule has 0 aliphatic carbocycles. The van der Waals surface area contributed by atoms with E-state index >= 15 is 0 Å². The average Bonchev–Trinajstić information content (AvgIpc) is 2.82. The zero-order valence-corrected chi connectivity index (χ0v) is 10.8. The van der Waals surface area contributed by atoms with Gasteiger partial charge in [-0.3, -0.25) is 5.84 Å². The van der Waals surface area contributed by atoms with Gasteiger partial charge in [0, 0.05) is 11.1 Å². The van der Waals surface area contributed by atoms with E-state index < -0.39 is 17.2 Å². The molecule has 0 aliphatic rings. The molecule has 1 aromatic carbocycles. The van der Waals surface area contributed by atoms with Crippen LogP contribution in [0.5, 0.6) is 0 Å². The zero-order valence-electron chi connectivity index (χ0n) is 10.0. The lowest BCUT2D eigenvalue weighted by Crippen LogP contribution is -2.28. The number of benzene rings is 1. The molecule has 3 nitrogen and oxygen atoms in total. The first-order valence-corrected chi connectivity index (χ1v) is 6.29. The van der Waals surface area contributed by atoms with Gasteiger partial charge in [-0.2, -0.15) is 13.2 Å². The molecule has 0 spiro atoms. The molecule has 0 fully saturated rings. The third-order valence-electron chi connectivity index (χ3n) is 2.72. The molecule has 3 N–H and O–H groups in total. The minimum absolute atomic E-state index is 0.434. The first-order chi connectivity index (χ1) is 8.93. The minimum Gasteiger partial charge on any atom is -0.271 e. The maximum Gasteiger partial charge on any atom is 0.443 e. The van der Waals surface area contributed by atoms with E-state index in [4.69, 9.17) is 5.84 Å². The van der Waals surface area contributed by atoms with Gasteiger partial charge in [0.15, 0.2) is 5.01 Å². The van der Waals surface area contributed by atoms with Gasteiger partial charge in [0.1, 0.15) is 0 Å². The molecule has 2 rings (SSSR count). The number of nitrogens with two attached hydrogens (primary N) is 1. The summed E-state index contributed by atoms with van der Waals surface area (Å²) in [6.45, 7) is 1.88. The summed E-state index contributed by atoms with van der Waals surface area (Å²) < 4.78 is 37.6. The molecule has 0 bridgehead atoms. The molecule has 1 unspecified atom stereocenters. The van der Waals surface area contributed by atoms with Gasteiger partial charge in [0.25, 0.3) is 0 Å². The Labute approximate surface area is 112 Å². The number of alkyl halides is 3. The number of rotatable bonds is 3. The minimum atomic E-state index is -4.42. The van der Waals surface area contributed by atoms with Crippen LogP contribution >= 0.6 is 11.3 Å². The molecule has 2 aromatic rings. The van der Waals surface area contributed by atoms with Crippen molar-refractivity contribution in [1.82, 2.24) is 10.4 Å². The first-order valence-electron chi connectivity index (χ1n) is 5.48. The van der Waals surface area contributed by atoms with Gasteiger partial charge < -0.3 is 0 Å². The van der Waals surface area contributed by atoms with Crippen LogP contribution in [0.1, 0.15) is 27.1 Å². The van der Waals surface area contributed by atoms with Crippen LogP contribution in [0.25, 0.3) is 0 Å². The number of thiazole rings is 1. The summed E-state index contributed by atoms with van der Waals surface area (Å²) in [5, 5.41) is -0.865. The fourth-order valence-electron chi connectivity index (χ4n) is 1.79. The third kappa shape index (κ3) is 2.94. The van der Waals surface area contributed by atoms with E-state index in [9.17, 15) is 13.2 Å². The van der Waals surface area contributed by atoms with Crippen LogP contribution in [0.3, 0.4) is 0 Å². The Hall–Kier alpha value is -1.44. The Morgan fingerprint density at radius 2 is 2.00 bits per heavy atom. The van der Waals surface area contributed by atoms with Crippen molar-refractivity contribution >= 4 is 11.3 Å². The second kappa shape index (κ2) is 5.28. The van der Waals surface area contributed by atoms with Gasteiger partial charge in [0.05, 0.1) is 6.04 Å². The number of halogens is 3. The van der Waals surface area contributed by atoms with Gasteiger partial charge in [-0.1, -0.05) is 24.3 Å². The standard InChI is InChI=1S/C12H12F3N3S/c1-7-4-2-3-5-8(7)10(18-16)9-6-17-11(19-9)12(13,14)15/h2-6,10,18H,16H2,1H3. The fourth-order valence-corrected chi connectivity index (χ4v) is 2.65. The van der Waals surface area contributed by atoms with E-state index in [1.807, 2.05) is 31.2 Å². The molecule has 0 amide bonds. The number of hydrogen-bond acceptors (Lipinski definition) is 4. The molecule has 0 saturated heterocycles. The summed E-state index contributed by atoms with van der Waals surface area (Å²) >= 11 is 0.597. The quantitative estimate of drug-likeness (QED) is 0.674. The number of nitrogens with zero attached hydrogens (tertiary/aromatic N) is 1. The van der Waals surface area contributed by atoms with Crippen LogP contribution < -0.4 is 11.3 Å². The molecular formula is C12H12F3N3S. The van der Waals surface area contributed by atoms with Crippen molar-refractivity contribution in [3.63, 3.8) is 0 Å². The van der Waals surface area contributed by atoms with Gasteiger partial charge >= 0.3 is 6.18 Å². The number of nitrogens with one attached hydrogen (secondary N) is 1. The highest BCUT2D eigenvalue weighted by Gasteiger charge is 2.35. The summed E-state index contributed by atoms with van der Waals surface area (Å²) in [4.78, 5) is 3.84. The van der Waals surface area contributed by atoms with E-state index in [0.717, 1.165) is 11.1 Å². The lowest BCUT2D eigenvalue weighted by atomic mass is 10.0. The predicted octanol–water partition coefficient (Wildman–Crippen LogP) is 3.02. The molecule has 19 heavy (non-hydrogen) atoms. The topological polar surface area (TPSA) is 50.9 Å². The van der Waals surface area contributed by atoms with Crippen molar-refractivity contribution in [2.75, 3.05) is 0 Å². The molecule has 0 aliphatic heterocycles. The van der Waals surface area contributed by atoms with E-state index in [1.54, 1.807) is 0 Å². The van der Waals surface area contributed by atoms with Crippen LogP contribution in [0.2, 0.25) is 0 Å². The Morgan fingerprint density at radius 1 is 1.32 bits per heavy atom. The molecule has 1 atom stereocenters. The third-order valence-corrected chi connectivity index (χ3v) is 3.82. The molecule has 7 heteroatoms. The second-order valence-electron chi connectivity index (χ2n) is 4.02. The number of hydrazine groups is 1. The first kappa shape index (κ1) is 14.0. The van der Waals surface area contributed by atoms with Crippen LogP contribution in [-0.4, -0.2) is 4.98 Å². The molecular weight excluding hydrogens is 275 g/mol. The molecule has 1 aromatic heterocycles. The lowest BCUT2D eigenvalue weighted by Gasteiger charge is -2.16. The Balaban J connectivity index is 2.38. The normalized spacial score (nSPS) is 13.5. The maximum absolute atomic E-state index is 12.5.